The minimum atomic E-state index is -0.612. The molecule has 3 heterocycles. The van der Waals surface area contributed by atoms with Gasteiger partial charge in [0.15, 0.2) is 0 Å². The van der Waals surface area contributed by atoms with Crippen LogP contribution >= 0.6 is 15.9 Å². The summed E-state index contributed by atoms with van der Waals surface area (Å²) >= 11 is 3.73. The van der Waals surface area contributed by atoms with Crippen molar-refractivity contribution in [2.75, 3.05) is 25.0 Å². The molecule has 2 saturated heterocycles. The number of phenolic OH excluding ortho intramolecular Hbond substituents is 1. The molecule has 9 heteroatoms. The predicted molar refractivity (Wildman–Crippen MR) is 201 cm³/mol. The maximum atomic E-state index is 13.3. The first kappa shape index (κ1) is 33.7. The summed E-state index contributed by atoms with van der Waals surface area (Å²) in [4.78, 5) is 43.9. The molecule has 3 aliphatic heterocycles. The Hall–Kier alpha value is -4.47. The van der Waals surface area contributed by atoms with Crippen molar-refractivity contribution in [3.63, 3.8) is 0 Å². The Morgan fingerprint density at radius 3 is 2.35 bits per heavy atom. The lowest BCUT2D eigenvalue weighted by Gasteiger charge is -2.38. The fourth-order valence-corrected chi connectivity index (χ4v) is 9.36. The fourth-order valence-electron chi connectivity index (χ4n) is 8.89. The lowest BCUT2D eigenvalue weighted by Crippen LogP contribution is -2.52. The van der Waals surface area contributed by atoms with E-state index in [1.165, 1.54) is 27.9 Å². The van der Waals surface area contributed by atoms with Gasteiger partial charge in [-0.05, 0) is 109 Å². The zero-order chi connectivity index (χ0) is 35.2. The second-order valence-electron chi connectivity index (χ2n) is 14.6. The molecule has 1 unspecified atom stereocenters. The summed E-state index contributed by atoms with van der Waals surface area (Å²) < 4.78 is 0.899. The van der Waals surface area contributed by atoms with E-state index in [1.807, 2.05) is 18.2 Å². The molecule has 2 fully saturated rings. The standard InChI is InChI=1S/C42H43BrN4O4/c1-45(24-30-21-29-25-47(42(51)36(29)23-37(30)43)38-15-16-39(49)44-41(38)50)31-17-19-46(20-18-31)32-10-7-27(8-11-32)40-34(26-5-3-2-4-6-26)13-9-28-22-33(48)12-14-35(28)40/h2-8,10-12,14,21-23,31,34,38,40,48H,9,13,15-20,24-25H2,1H3,(H,44,49,50)/t34-,38?,40+/m1/s1. The maximum Gasteiger partial charge on any atom is 0.255 e. The number of hydrogen-bond acceptors (Lipinski definition) is 6. The van der Waals surface area contributed by atoms with Crippen molar-refractivity contribution in [1.82, 2.24) is 15.1 Å². The lowest BCUT2D eigenvalue weighted by molar-refractivity contribution is -0.136. The molecule has 1 aliphatic carbocycles. The van der Waals surface area contributed by atoms with Crippen molar-refractivity contribution in [1.29, 1.82) is 0 Å². The van der Waals surface area contributed by atoms with Gasteiger partial charge in [-0.15, -0.1) is 0 Å². The molecular formula is C42H43BrN4O4. The topological polar surface area (TPSA) is 93.2 Å². The largest absolute Gasteiger partial charge is 0.508 e. The van der Waals surface area contributed by atoms with Crippen LogP contribution in [0.1, 0.15) is 87.7 Å². The van der Waals surface area contributed by atoms with Gasteiger partial charge in [0.25, 0.3) is 5.91 Å². The first-order chi connectivity index (χ1) is 24.7. The van der Waals surface area contributed by atoms with Crippen LogP contribution in [-0.2, 0) is 29.1 Å². The number of aromatic hydroxyl groups is 1. The van der Waals surface area contributed by atoms with Crippen molar-refractivity contribution in [2.24, 2.45) is 0 Å². The number of hydrogen-bond donors (Lipinski definition) is 2. The Balaban J connectivity index is 0.917. The van der Waals surface area contributed by atoms with E-state index in [1.54, 1.807) is 4.90 Å². The molecule has 4 aromatic carbocycles. The third-order valence-electron chi connectivity index (χ3n) is 11.6. The quantitative estimate of drug-likeness (QED) is 0.201. The van der Waals surface area contributed by atoms with Gasteiger partial charge in [0.2, 0.25) is 11.8 Å². The number of rotatable bonds is 7. The molecule has 8 rings (SSSR count). The number of piperidine rings is 2. The smallest absolute Gasteiger partial charge is 0.255 e. The van der Waals surface area contributed by atoms with E-state index in [0.29, 0.717) is 36.2 Å². The van der Waals surface area contributed by atoms with Crippen molar-refractivity contribution in [3.8, 4) is 5.75 Å². The van der Waals surface area contributed by atoms with Crippen LogP contribution in [-0.4, -0.2) is 64.8 Å². The first-order valence-electron chi connectivity index (χ1n) is 18.1. The summed E-state index contributed by atoms with van der Waals surface area (Å²) in [5.74, 6) is 0.143. The molecule has 262 valence electrons. The Kier molecular flexibility index (Phi) is 9.19. The molecular weight excluding hydrogens is 704 g/mol. The predicted octanol–water partition coefficient (Wildman–Crippen LogP) is 6.88. The van der Waals surface area contributed by atoms with Gasteiger partial charge in [0, 0.05) is 60.3 Å². The minimum absolute atomic E-state index is 0.152. The summed E-state index contributed by atoms with van der Waals surface area (Å²) in [6, 6.07) is 29.8. The zero-order valence-corrected chi connectivity index (χ0v) is 30.4. The minimum Gasteiger partial charge on any atom is -0.508 e. The highest BCUT2D eigenvalue weighted by atomic mass is 79.9. The normalized spacial score (nSPS) is 22.3. The Labute approximate surface area is 307 Å². The molecule has 0 spiro atoms. The van der Waals surface area contributed by atoms with Gasteiger partial charge < -0.3 is 14.9 Å². The van der Waals surface area contributed by atoms with Crippen LogP contribution < -0.4 is 10.2 Å². The summed E-state index contributed by atoms with van der Waals surface area (Å²) in [5.41, 5.74) is 9.18. The van der Waals surface area contributed by atoms with Gasteiger partial charge in [0.05, 0.1) is 0 Å². The highest BCUT2D eigenvalue weighted by molar-refractivity contribution is 9.10. The van der Waals surface area contributed by atoms with Gasteiger partial charge in [-0.25, -0.2) is 0 Å². The highest BCUT2D eigenvalue weighted by Crippen LogP contribution is 2.47. The monoisotopic (exact) mass is 746 g/mol. The number of nitrogens with one attached hydrogen (secondary N) is 1. The van der Waals surface area contributed by atoms with Crippen LogP contribution in [0.4, 0.5) is 5.69 Å². The number of fused-ring (bicyclic) bond motifs is 2. The number of halogens is 1. The number of carbonyl (C=O) groups is 3. The van der Waals surface area contributed by atoms with Crippen molar-refractivity contribution in [3.05, 3.63) is 128 Å². The van der Waals surface area contributed by atoms with Gasteiger partial charge in [-0.2, -0.15) is 0 Å². The van der Waals surface area contributed by atoms with E-state index in [9.17, 15) is 19.5 Å². The number of phenols is 1. The molecule has 51 heavy (non-hydrogen) atoms. The number of anilines is 1. The third-order valence-corrected chi connectivity index (χ3v) is 12.4. The van der Waals surface area contributed by atoms with Crippen LogP contribution in [0, 0.1) is 0 Å². The lowest BCUT2D eigenvalue weighted by atomic mass is 9.69. The SMILES string of the molecule is CN(Cc1cc2c(cc1Br)C(=O)N(C1CCC(=O)NC1=O)C2)C1CCN(c2ccc([C@@H]3c4ccc(O)cc4CC[C@@H]3c3ccccc3)cc2)CC1. The van der Waals surface area contributed by atoms with Gasteiger partial charge in [-0.3, -0.25) is 24.6 Å². The van der Waals surface area contributed by atoms with Gasteiger partial charge >= 0.3 is 0 Å². The van der Waals surface area contributed by atoms with Crippen molar-refractivity contribution < 1.29 is 19.5 Å². The molecule has 8 nitrogen and oxygen atoms in total. The molecule has 2 N–H and O–H groups in total. The van der Waals surface area contributed by atoms with E-state index in [0.717, 1.165) is 60.9 Å². The number of nitrogens with zero attached hydrogens (tertiary/aromatic N) is 3. The van der Waals surface area contributed by atoms with Crippen LogP contribution in [0.2, 0.25) is 0 Å². The van der Waals surface area contributed by atoms with Crippen LogP contribution in [0.3, 0.4) is 0 Å². The third kappa shape index (κ3) is 6.58. The average molecular weight is 748 g/mol. The van der Waals surface area contributed by atoms with E-state index in [2.05, 4.69) is 105 Å². The van der Waals surface area contributed by atoms with E-state index in [-0.39, 0.29) is 30.1 Å². The van der Waals surface area contributed by atoms with Gasteiger partial charge in [-0.1, -0.05) is 70.5 Å². The van der Waals surface area contributed by atoms with E-state index in [4.69, 9.17) is 0 Å². The number of amides is 3. The van der Waals surface area contributed by atoms with Crippen LogP contribution in [0.5, 0.6) is 5.75 Å². The van der Waals surface area contributed by atoms with Crippen LogP contribution in [0.15, 0.2) is 89.4 Å². The second-order valence-corrected chi connectivity index (χ2v) is 15.5. The maximum absolute atomic E-state index is 13.3. The molecule has 0 radical (unpaired) electrons. The van der Waals surface area contributed by atoms with Crippen molar-refractivity contribution in [2.45, 2.75) is 75.5 Å². The number of benzene rings is 4. The van der Waals surface area contributed by atoms with E-state index >= 15 is 0 Å². The van der Waals surface area contributed by atoms with Gasteiger partial charge in [0.1, 0.15) is 11.8 Å². The molecule has 4 aromatic rings. The molecule has 3 atom stereocenters. The molecule has 4 aliphatic rings. The summed E-state index contributed by atoms with van der Waals surface area (Å²) in [7, 11) is 2.18. The number of imide groups is 1. The van der Waals surface area contributed by atoms with Crippen molar-refractivity contribution >= 4 is 39.3 Å². The molecule has 0 bridgehead atoms. The second kappa shape index (κ2) is 13.9. The molecule has 0 aromatic heterocycles. The molecule has 0 saturated carbocycles. The summed E-state index contributed by atoms with van der Waals surface area (Å²) in [6.07, 6.45) is 4.73. The fraction of sp³-hybridized carbons (Fsp3) is 0.357. The highest BCUT2D eigenvalue weighted by Gasteiger charge is 2.39. The van der Waals surface area contributed by atoms with E-state index < -0.39 is 6.04 Å². The zero-order valence-electron chi connectivity index (χ0n) is 28.9. The summed E-state index contributed by atoms with van der Waals surface area (Å²) in [5, 5.41) is 12.6. The average Bonchev–Trinajstić information content (AvgIpc) is 3.45. The Bertz CT molecular complexity index is 1980. The summed E-state index contributed by atoms with van der Waals surface area (Å²) in [6.45, 7) is 3.09. The van der Waals surface area contributed by atoms with Crippen LogP contribution in [0.25, 0.3) is 0 Å². The number of carbonyl (C=O) groups excluding carboxylic acids is 3. The Morgan fingerprint density at radius 2 is 1.61 bits per heavy atom. The number of aryl methyl sites for hydroxylation is 1. The first-order valence-corrected chi connectivity index (χ1v) is 18.9. The molecule has 3 amide bonds. The Morgan fingerprint density at radius 1 is 0.843 bits per heavy atom.